The highest BCUT2D eigenvalue weighted by atomic mass is 16.5. The number of hydrogen-bond acceptors (Lipinski definition) is 6. The zero-order valence-corrected chi connectivity index (χ0v) is 17.5. The predicted octanol–water partition coefficient (Wildman–Crippen LogP) is 3.81. The summed E-state index contributed by atoms with van der Waals surface area (Å²) in [7, 11) is 1.27. The van der Waals surface area contributed by atoms with Gasteiger partial charge in [-0.25, -0.2) is 9.59 Å². The van der Waals surface area contributed by atoms with E-state index < -0.39 is 23.8 Å². The Balaban J connectivity index is 2.01. The molecule has 0 bridgehead atoms. The molecule has 2 aromatic rings. The van der Waals surface area contributed by atoms with Crippen LogP contribution in [0, 0.1) is 13.8 Å². The highest BCUT2D eigenvalue weighted by Crippen LogP contribution is 2.21. The van der Waals surface area contributed by atoms with Gasteiger partial charge in [-0.2, -0.15) is 0 Å². The van der Waals surface area contributed by atoms with Crippen molar-refractivity contribution in [3.8, 4) is 5.75 Å². The molecule has 0 aliphatic heterocycles. The largest absolute Gasteiger partial charge is 0.490 e. The Labute approximate surface area is 175 Å². The number of ether oxygens (including phenoxy) is 3. The number of H-pyrrole nitrogens is 1. The first-order valence-electron chi connectivity index (χ1n) is 9.32. The molecule has 0 fully saturated rings. The molecule has 30 heavy (non-hydrogen) atoms. The third kappa shape index (κ3) is 5.47. The molecule has 1 heterocycles. The predicted molar refractivity (Wildman–Crippen MR) is 113 cm³/mol. The molecule has 0 spiro atoms. The lowest BCUT2D eigenvalue weighted by atomic mass is 10.1. The summed E-state index contributed by atoms with van der Waals surface area (Å²) in [4.78, 5) is 39.5. The van der Waals surface area contributed by atoms with Gasteiger partial charge < -0.3 is 19.2 Å². The van der Waals surface area contributed by atoms with E-state index in [-0.39, 0.29) is 5.69 Å². The van der Waals surface area contributed by atoms with E-state index in [9.17, 15) is 14.4 Å². The van der Waals surface area contributed by atoms with E-state index in [1.54, 1.807) is 50.3 Å². The Bertz CT molecular complexity index is 968. The molecule has 1 atom stereocenters. The monoisotopic (exact) mass is 411 g/mol. The number of aromatic nitrogens is 1. The van der Waals surface area contributed by atoms with Crippen molar-refractivity contribution >= 4 is 23.8 Å². The normalized spacial score (nSPS) is 11.7. The number of aryl methyl sites for hydroxylation is 1. The SMILES string of the molecule is C=CCOc1ccc(/C=C/C(=O)O[C@H](C)C(=O)c2[nH]c(C)c(C(=O)OC)c2C)cc1. The number of rotatable bonds is 9. The van der Waals surface area contributed by atoms with Gasteiger partial charge in [0.15, 0.2) is 6.10 Å². The lowest BCUT2D eigenvalue weighted by Crippen LogP contribution is -2.24. The number of esters is 2. The number of carbonyl (C=O) groups excluding carboxylic acids is 3. The lowest BCUT2D eigenvalue weighted by Gasteiger charge is -2.10. The Hall–Kier alpha value is -3.61. The summed E-state index contributed by atoms with van der Waals surface area (Å²) >= 11 is 0. The first kappa shape index (κ1) is 22.7. The number of methoxy groups -OCH3 is 1. The molecule has 0 saturated heterocycles. The summed E-state index contributed by atoms with van der Waals surface area (Å²) in [6.45, 7) is 8.78. The number of carbonyl (C=O) groups is 3. The van der Waals surface area contributed by atoms with Crippen molar-refractivity contribution in [2.45, 2.75) is 26.9 Å². The van der Waals surface area contributed by atoms with Crippen LogP contribution in [0.4, 0.5) is 0 Å². The Morgan fingerprint density at radius 2 is 1.83 bits per heavy atom. The van der Waals surface area contributed by atoms with Crippen molar-refractivity contribution in [2.75, 3.05) is 13.7 Å². The van der Waals surface area contributed by atoms with Crippen LogP contribution in [0.2, 0.25) is 0 Å². The third-order valence-corrected chi connectivity index (χ3v) is 4.40. The van der Waals surface area contributed by atoms with Gasteiger partial charge in [0.2, 0.25) is 5.78 Å². The van der Waals surface area contributed by atoms with Crippen molar-refractivity contribution in [2.24, 2.45) is 0 Å². The summed E-state index contributed by atoms with van der Waals surface area (Å²) in [5.74, 6) is -0.932. The van der Waals surface area contributed by atoms with Crippen LogP contribution >= 0.6 is 0 Å². The van der Waals surface area contributed by atoms with Crippen LogP contribution in [0.5, 0.6) is 5.75 Å². The van der Waals surface area contributed by atoms with Gasteiger partial charge in [0.05, 0.1) is 18.4 Å². The second-order valence-corrected chi connectivity index (χ2v) is 6.56. The fourth-order valence-electron chi connectivity index (χ4n) is 2.87. The number of Topliss-reactive ketones (excluding diaryl/α,β-unsaturated/α-hetero) is 1. The zero-order valence-electron chi connectivity index (χ0n) is 17.5. The number of ketones is 1. The van der Waals surface area contributed by atoms with Gasteiger partial charge in [-0.05, 0) is 50.1 Å². The second-order valence-electron chi connectivity index (χ2n) is 6.56. The van der Waals surface area contributed by atoms with Crippen LogP contribution in [-0.4, -0.2) is 42.5 Å². The molecule has 0 amide bonds. The molecule has 0 aliphatic rings. The van der Waals surface area contributed by atoms with E-state index in [1.165, 1.54) is 20.1 Å². The van der Waals surface area contributed by atoms with Crippen molar-refractivity contribution in [3.05, 3.63) is 71.1 Å². The average Bonchev–Trinajstić information content (AvgIpc) is 3.04. The minimum atomic E-state index is -1.03. The van der Waals surface area contributed by atoms with E-state index in [4.69, 9.17) is 14.2 Å². The zero-order chi connectivity index (χ0) is 22.3. The molecule has 0 saturated carbocycles. The molecular weight excluding hydrogens is 386 g/mol. The topological polar surface area (TPSA) is 94.7 Å². The van der Waals surface area contributed by atoms with Gasteiger partial charge in [0.25, 0.3) is 0 Å². The molecule has 1 N–H and O–H groups in total. The maximum Gasteiger partial charge on any atom is 0.339 e. The van der Waals surface area contributed by atoms with Gasteiger partial charge in [-0.15, -0.1) is 0 Å². The highest BCUT2D eigenvalue weighted by molar-refractivity contribution is 6.04. The van der Waals surface area contributed by atoms with Crippen LogP contribution in [0.3, 0.4) is 0 Å². The van der Waals surface area contributed by atoms with Crippen molar-refractivity contribution in [3.63, 3.8) is 0 Å². The van der Waals surface area contributed by atoms with Gasteiger partial charge in [0, 0.05) is 11.8 Å². The van der Waals surface area contributed by atoms with Crippen LogP contribution in [0.15, 0.2) is 43.0 Å². The van der Waals surface area contributed by atoms with E-state index in [1.807, 2.05) is 0 Å². The first-order valence-corrected chi connectivity index (χ1v) is 9.32. The maximum absolute atomic E-state index is 12.7. The van der Waals surface area contributed by atoms with Crippen LogP contribution < -0.4 is 4.74 Å². The fraction of sp³-hybridized carbons (Fsp3) is 0.261. The smallest absolute Gasteiger partial charge is 0.339 e. The third-order valence-electron chi connectivity index (χ3n) is 4.40. The van der Waals surface area contributed by atoms with Crippen LogP contribution in [0.1, 0.15) is 44.6 Å². The summed E-state index contributed by atoms with van der Waals surface area (Å²) in [5.41, 5.74) is 2.27. The molecule has 1 aromatic carbocycles. The quantitative estimate of drug-likeness (QED) is 0.292. The summed E-state index contributed by atoms with van der Waals surface area (Å²) in [6, 6.07) is 7.12. The average molecular weight is 411 g/mol. The number of nitrogens with one attached hydrogen (secondary N) is 1. The first-order chi connectivity index (χ1) is 14.3. The second kappa shape index (κ2) is 10.2. The van der Waals surface area contributed by atoms with Crippen LogP contribution in [0.25, 0.3) is 6.08 Å². The molecule has 0 unspecified atom stereocenters. The minimum Gasteiger partial charge on any atom is -0.490 e. The fourth-order valence-corrected chi connectivity index (χ4v) is 2.87. The molecular formula is C23H25NO6. The maximum atomic E-state index is 12.7. The Morgan fingerprint density at radius 1 is 1.17 bits per heavy atom. The summed E-state index contributed by atoms with van der Waals surface area (Å²) < 4.78 is 15.3. The molecule has 2 rings (SSSR count). The van der Waals surface area contributed by atoms with Crippen molar-refractivity contribution in [1.29, 1.82) is 0 Å². The molecule has 0 radical (unpaired) electrons. The molecule has 1 aromatic heterocycles. The van der Waals surface area contributed by atoms with Gasteiger partial charge in [0.1, 0.15) is 12.4 Å². The van der Waals surface area contributed by atoms with E-state index in [0.29, 0.717) is 29.2 Å². The number of benzene rings is 1. The van der Waals surface area contributed by atoms with Gasteiger partial charge in [-0.3, -0.25) is 4.79 Å². The van der Waals surface area contributed by atoms with Crippen molar-refractivity contribution < 1.29 is 28.6 Å². The van der Waals surface area contributed by atoms with E-state index in [0.717, 1.165) is 5.56 Å². The summed E-state index contributed by atoms with van der Waals surface area (Å²) in [5, 5.41) is 0. The standard InChI is InChI=1S/C23H25NO6/c1-6-13-29-18-10-7-17(8-11-18)9-12-19(25)30-16(4)22(26)21-14(2)20(15(3)24-21)23(27)28-5/h6-12,16,24H,1,13H2,2-5H3/b12-9+/t16-/m1/s1. The van der Waals surface area contributed by atoms with Crippen LogP contribution in [-0.2, 0) is 14.3 Å². The minimum absolute atomic E-state index is 0.215. The van der Waals surface area contributed by atoms with Crippen molar-refractivity contribution in [1.82, 2.24) is 4.98 Å². The number of aromatic amines is 1. The molecule has 7 nitrogen and oxygen atoms in total. The Morgan fingerprint density at radius 3 is 2.43 bits per heavy atom. The van der Waals surface area contributed by atoms with Gasteiger partial charge in [-0.1, -0.05) is 24.8 Å². The Kier molecular flexibility index (Phi) is 7.75. The molecule has 7 heteroatoms. The van der Waals surface area contributed by atoms with Gasteiger partial charge >= 0.3 is 11.9 Å². The van der Waals surface area contributed by atoms with E-state index in [2.05, 4.69) is 11.6 Å². The molecule has 0 aliphatic carbocycles. The summed E-state index contributed by atoms with van der Waals surface area (Å²) in [6.07, 6.45) is 3.45. The number of hydrogen-bond donors (Lipinski definition) is 1. The van der Waals surface area contributed by atoms with E-state index >= 15 is 0 Å². The highest BCUT2D eigenvalue weighted by Gasteiger charge is 2.26. The lowest BCUT2D eigenvalue weighted by molar-refractivity contribution is -0.140. The molecule has 158 valence electrons.